The fourth-order valence-electron chi connectivity index (χ4n) is 3.40. The minimum atomic E-state index is -4.05. The van der Waals surface area contributed by atoms with Gasteiger partial charge in [-0.05, 0) is 30.7 Å². The van der Waals surface area contributed by atoms with Gasteiger partial charge in [-0.2, -0.15) is 8.42 Å². The third-order valence-corrected chi connectivity index (χ3v) is 6.46. The monoisotopic (exact) mass is 395 g/mol. The Morgan fingerprint density at radius 1 is 1.11 bits per heavy atom. The van der Waals surface area contributed by atoms with Gasteiger partial charge in [-0.3, -0.25) is 4.31 Å². The Morgan fingerprint density at radius 2 is 1.89 bits per heavy atom. The molecule has 9 heteroatoms. The molecule has 0 bridgehead atoms. The van der Waals surface area contributed by atoms with Gasteiger partial charge >= 0.3 is 10.2 Å². The molecule has 2 aliphatic heterocycles. The number of hydrogen-bond donors (Lipinski definition) is 1. The number of hydrogen-bond acceptors (Lipinski definition) is 4. The first-order chi connectivity index (χ1) is 13.0. The summed E-state index contributed by atoms with van der Waals surface area (Å²) >= 11 is 0. The second-order valence-corrected chi connectivity index (χ2v) is 8.12. The van der Waals surface area contributed by atoms with Gasteiger partial charge in [0, 0.05) is 25.7 Å². The van der Waals surface area contributed by atoms with Crippen LogP contribution in [-0.4, -0.2) is 40.8 Å². The molecular weight excluding hydrogens is 376 g/mol. The minimum absolute atomic E-state index is 0.0854. The Kier molecular flexibility index (Phi) is 4.75. The van der Waals surface area contributed by atoms with Crippen LogP contribution in [0.5, 0.6) is 0 Å². The van der Waals surface area contributed by atoms with Gasteiger partial charge in [0.15, 0.2) is 5.82 Å². The zero-order valence-corrected chi connectivity index (χ0v) is 15.3. The predicted molar refractivity (Wildman–Crippen MR) is 98.4 cm³/mol. The molecule has 0 aliphatic carbocycles. The molecule has 144 valence electrons. The van der Waals surface area contributed by atoms with Gasteiger partial charge in [-0.25, -0.2) is 13.1 Å². The van der Waals surface area contributed by atoms with E-state index in [1.807, 2.05) is 0 Å². The minimum Gasteiger partial charge on any atom is -0.376 e. The van der Waals surface area contributed by atoms with Crippen molar-refractivity contribution in [3.63, 3.8) is 0 Å². The lowest BCUT2D eigenvalue weighted by Gasteiger charge is -2.26. The molecule has 0 spiro atoms. The summed E-state index contributed by atoms with van der Waals surface area (Å²) in [6, 6.07) is 9.54. The van der Waals surface area contributed by atoms with Crippen LogP contribution in [0.2, 0.25) is 0 Å². The van der Waals surface area contributed by atoms with E-state index < -0.39 is 21.8 Å². The van der Waals surface area contributed by atoms with Crippen LogP contribution in [0, 0.1) is 11.6 Å². The Morgan fingerprint density at radius 3 is 2.59 bits per heavy atom. The van der Waals surface area contributed by atoms with E-state index in [0.29, 0.717) is 37.0 Å². The number of ether oxygens (including phenoxy) is 1. The molecule has 2 aromatic rings. The lowest BCUT2D eigenvalue weighted by atomic mass is 10.2. The molecule has 2 aliphatic rings. The number of rotatable bonds is 4. The summed E-state index contributed by atoms with van der Waals surface area (Å²) in [4.78, 5) is 0. The van der Waals surface area contributed by atoms with E-state index in [0.717, 1.165) is 23.0 Å². The van der Waals surface area contributed by atoms with Crippen LogP contribution in [0.4, 0.5) is 25.8 Å². The Bertz CT molecular complexity index is 949. The van der Waals surface area contributed by atoms with Crippen LogP contribution in [-0.2, 0) is 14.9 Å². The van der Waals surface area contributed by atoms with Crippen molar-refractivity contribution in [2.45, 2.75) is 12.5 Å². The molecule has 1 N–H and O–H groups in total. The number of nitrogens with zero attached hydrogens (tertiary/aromatic N) is 2. The normalized spacial score (nSPS) is 21.3. The van der Waals surface area contributed by atoms with Crippen molar-refractivity contribution in [2.24, 2.45) is 0 Å². The zero-order chi connectivity index (χ0) is 19.0. The summed E-state index contributed by atoms with van der Waals surface area (Å²) in [5, 5.41) is 3.21. The number of para-hydroxylation sites is 2. The number of anilines is 3. The highest BCUT2D eigenvalue weighted by Crippen LogP contribution is 2.45. The molecule has 0 radical (unpaired) electrons. The molecule has 6 nitrogen and oxygen atoms in total. The highest BCUT2D eigenvalue weighted by Gasteiger charge is 2.42. The maximum Gasteiger partial charge on any atom is 0.331 e. The molecule has 1 atom stereocenters. The third kappa shape index (κ3) is 3.26. The van der Waals surface area contributed by atoms with E-state index in [-0.39, 0.29) is 18.3 Å². The molecule has 2 aromatic carbocycles. The van der Waals surface area contributed by atoms with Crippen molar-refractivity contribution in [2.75, 3.05) is 34.9 Å². The van der Waals surface area contributed by atoms with Gasteiger partial charge in [-0.1, -0.05) is 12.1 Å². The van der Waals surface area contributed by atoms with E-state index in [2.05, 4.69) is 5.32 Å². The summed E-state index contributed by atoms with van der Waals surface area (Å²) in [6.45, 7) is 2.22. The van der Waals surface area contributed by atoms with Crippen LogP contribution in [0.25, 0.3) is 0 Å². The highest BCUT2D eigenvalue weighted by molar-refractivity contribution is 7.95. The SMILES string of the molecule is O=S1(=O)N(CC[C@H]2CNCCO2)c2ccccc2N1c1ccc(F)cc1F. The van der Waals surface area contributed by atoms with Crippen LogP contribution in [0.1, 0.15) is 6.42 Å². The fraction of sp³-hybridized carbons (Fsp3) is 0.333. The number of nitrogens with one attached hydrogen (secondary N) is 1. The molecule has 1 saturated heterocycles. The molecule has 1 fully saturated rings. The Balaban J connectivity index is 1.69. The largest absolute Gasteiger partial charge is 0.376 e. The average molecular weight is 395 g/mol. The van der Waals surface area contributed by atoms with Crippen molar-refractivity contribution in [3.8, 4) is 0 Å². The first-order valence-electron chi connectivity index (χ1n) is 8.68. The summed E-state index contributed by atoms with van der Waals surface area (Å²) in [6.07, 6.45) is 0.415. The van der Waals surface area contributed by atoms with Gasteiger partial charge in [0.1, 0.15) is 5.82 Å². The summed E-state index contributed by atoms with van der Waals surface area (Å²) in [5.41, 5.74) is 0.595. The number of halogens is 2. The van der Waals surface area contributed by atoms with Crippen molar-refractivity contribution >= 4 is 27.3 Å². The van der Waals surface area contributed by atoms with E-state index in [4.69, 9.17) is 4.74 Å². The van der Waals surface area contributed by atoms with Gasteiger partial charge in [0.25, 0.3) is 0 Å². The molecule has 27 heavy (non-hydrogen) atoms. The third-order valence-electron chi connectivity index (χ3n) is 4.67. The van der Waals surface area contributed by atoms with E-state index in [1.165, 1.54) is 4.31 Å². The fourth-order valence-corrected chi connectivity index (χ4v) is 5.13. The first kappa shape index (κ1) is 18.1. The van der Waals surface area contributed by atoms with Crippen molar-refractivity contribution in [1.82, 2.24) is 5.32 Å². The van der Waals surface area contributed by atoms with Crippen LogP contribution < -0.4 is 13.9 Å². The zero-order valence-electron chi connectivity index (χ0n) is 14.4. The molecule has 0 saturated carbocycles. The molecule has 4 rings (SSSR count). The molecular formula is C18H19F2N3O3S. The second kappa shape index (κ2) is 7.06. The van der Waals surface area contributed by atoms with Crippen LogP contribution >= 0.6 is 0 Å². The summed E-state index contributed by atoms with van der Waals surface area (Å²) in [5.74, 6) is -1.70. The molecule has 0 unspecified atom stereocenters. The standard InChI is InChI=1S/C18H19F2N3O3S/c19-13-5-6-16(15(20)11-13)23-18-4-2-1-3-17(18)22(27(23,24)25)9-7-14-12-21-8-10-26-14/h1-6,11,14,21H,7-10,12H2/t14-/m0/s1. The van der Waals surface area contributed by atoms with E-state index in [9.17, 15) is 17.2 Å². The van der Waals surface area contributed by atoms with Gasteiger partial charge in [-0.15, -0.1) is 0 Å². The van der Waals surface area contributed by atoms with Crippen LogP contribution in [0.3, 0.4) is 0 Å². The van der Waals surface area contributed by atoms with Crippen LogP contribution in [0.15, 0.2) is 42.5 Å². The molecule has 0 amide bonds. The van der Waals surface area contributed by atoms with E-state index in [1.54, 1.807) is 24.3 Å². The number of fused-ring (bicyclic) bond motifs is 1. The molecule has 0 aromatic heterocycles. The Hall–Kier alpha value is -2.23. The lowest BCUT2D eigenvalue weighted by Crippen LogP contribution is -2.42. The van der Waals surface area contributed by atoms with Crippen molar-refractivity contribution in [3.05, 3.63) is 54.1 Å². The quantitative estimate of drug-likeness (QED) is 0.864. The average Bonchev–Trinajstić information content (AvgIpc) is 2.87. The topological polar surface area (TPSA) is 61.9 Å². The van der Waals surface area contributed by atoms with Crippen molar-refractivity contribution < 1.29 is 21.9 Å². The smallest absolute Gasteiger partial charge is 0.331 e. The molecule has 2 heterocycles. The van der Waals surface area contributed by atoms with E-state index >= 15 is 0 Å². The first-order valence-corrected chi connectivity index (χ1v) is 10.1. The summed E-state index contributed by atoms with van der Waals surface area (Å²) < 4.78 is 61.8. The summed E-state index contributed by atoms with van der Waals surface area (Å²) in [7, 11) is -4.05. The lowest BCUT2D eigenvalue weighted by molar-refractivity contribution is 0.0254. The van der Waals surface area contributed by atoms with Gasteiger partial charge < -0.3 is 10.1 Å². The second-order valence-electron chi connectivity index (χ2n) is 6.41. The maximum absolute atomic E-state index is 14.4. The Labute approximate surface area is 156 Å². The predicted octanol–water partition coefficient (Wildman–Crippen LogP) is 2.55. The van der Waals surface area contributed by atoms with Gasteiger partial charge in [0.2, 0.25) is 0 Å². The van der Waals surface area contributed by atoms with Crippen molar-refractivity contribution in [1.29, 1.82) is 0 Å². The number of morpholine rings is 1. The maximum atomic E-state index is 14.4. The van der Waals surface area contributed by atoms with Gasteiger partial charge in [0.05, 0.1) is 29.8 Å². The number of benzene rings is 2. The highest BCUT2D eigenvalue weighted by atomic mass is 32.2.